The molecule has 0 spiro atoms. The lowest BCUT2D eigenvalue weighted by Crippen LogP contribution is -2.27. The zero-order chi connectivity index (χ0) is 15.7. The highest BCUT2D eigenvalue weighted by atomic mass is 32.2. The summed E-state index contributed by atoms with van der Waals surface area (Å²) in [6.45, 7) is 5.31. The molecule has 1 aromatic carbocycles. The normalized spacial score (nSPS) is 15.6. The largest absolute Gasteiger partial charge is 0.444 e. The first-order chi connectivity index (χ1) is 9.66. The van der Waals surface area contributed by atoms with Gasteiger partial charge in [0.1, 0.15) is 5.60 Å². The summed E-state index contributed by atoms with van der Waals surface area (Å²) < 4.78 is 31.7. The Hall–Kier alpha value is -1.60. The maximum atomic E-state index is 12.0. The van der Waals surface area contributed by atoms with Crippen LogP contribution in [0.2, 0.25) is 0 Å². The molecule has 0 aromatic heterocycles. The first kappa shape index (κ1) is 15.8. The van der Waals surface area contributed by atoms with Gasteiger partial charge in [0.05, 0.1) is 4.90 Å². The van der Waals surface area contributed by atoms with Gasteiger partial charge in [0.15, 0.2) is 0 Å². The molecule has 2 rings (SSSR count). The number of carbonyl (C=O) groups excluding carboxylic acids is 1. The summed E-state index contributed by atoms with van der Waals surface area (Å²) in [6, 6.07) is 6.04. The van der Waals surface area contributed by atoms with E-state index in [1.807, 2.05) is 0 Å². The maximum Gasteiger partial charge on any atom is 0.412 e. The van der Waals surface area contributed by atoms with Crippen LogP contribution in [0.1, 0.15) is 33.6 Å². The van der Waals surface area contributed by atoms with Crippen molar-refractivity contribution < 1.29 is 17.9 Å². The van der Waals surface area contributed by atoms with Crippen molar-refractivity contribution in [1.82, 2.24) is 4.72 Å². The highest BCUT2D eigenvalue weighted by Crippen LogP contribution is 2.23. The second-order valence-electron chi connectivity index (χ2n) is 6.05. The summed E-state index contributed by atoms with van der Waals surface area (Å²) in [5.74, 6) is 0. The summed E-state index contributed by atoms with van der Waals surface area (Å²) in [5.41, 5.74) is -0.101. The quantitative estimate of drug-likeness (QED) is 0.894. The monoisotopic (exact) mass is 312 g/mol. The zero-order valence-electron chi connectivity index (χ0n) is 12.3. The zero-order valence-corrected chi connectivity index (χ0v) is 13.2. The SMILES string of the molecule is CC(C)(C)OC(=O)Nc1ccc(S(=O)(=O)NC2CC2)cc1. The van der Waals surface area contributed by atoms with Gasteiger partial charge in [-0.15, -0.1) is 0 Å². The van der Waals surface area contributed by atoms with E-state index in [0.717, 1.165) is 12.8 Å². The smallest absolute Gasteiger partial charge is 0.412 e. The van der Waals surface area contributed by atoms with E-state index in [4.69, 9.17) is 4.74 Å². The average molecular weight is 312 g/mol. The molecule has 1 aliphatic carbocycles. The highest BCUT2D eigenvalue weighted by molar-refractivity contribution is 7.89. The number of amides is 1. The number of hydrogen-bond acceptors (Lipinski definition) is 4. The second-order valence-corrected chi connectivity index (χ2v) is 7.76. The van der Waals surface area contributed by atoms with Gasteiger partial charge in [-0.1, -0.05) is 0 Å². The molecule has 1 aliphatic rings. The van der Waals surface area contributed by atoms with Gasteiger partial charge in [-0.2, -0.15) is 0 Å². The second kappa shape index (κ2) is 5.65. The molecular weight excluding hydrogens is 292 g/mol. The minimum absolute atomic E-state index is 0.0644. The third-order valence-corrected chi connectivity index (χ3v) is 4.25. The molecule has 0 unspecified atom stereocenters. The highest BCUT2D eigenvalue weighted by Gasteiger charge is 2.27. The van der Waals surface area contributed by atoms with E-state index in [-0.39, 0.29) is 10.9 Å². The van der Waals surface area contributed by atoms with Gasteiger partial charge in [-0.05, 0) is 57.9 Å². The Morgan fingerprint density at radius 3 is 2.24 bits per heavy atom. The molecule has 0 heterocycles. The standard InChI is InChI=1S/C14H20N2O4S/c1-14(2,3)20-13(17)15-10-6-8-12(9-7-10)21(18,19)16-11-4-5-11/h6-9,11,16H,4-5H2,1-3H3,(H,15,17). The fourth-order valence-corrected chi connectivity index (χ4v) is 2.93. The predicted molar refractivity (Wildman–Crippen MR) is 79.6 cm³/mol. The van der Waals surface area contributed by atoms with Crippen LogP contribution < -0.4 is 10.0 Å². The number of nitrogens with one attached hydrogen (secondary N) is 2. The molecule has 1 aromatic rings. The molecular formula is C14H20N2O4S. The molecule has 7 heteroatoms. The molecule has 0 aliphatic heterocycles. The van der Waals surface area contributed by atoms with Gasteiger partial charge < -0.3 is 4.74 Å². The number of benzene rings is 1. The van der Waals surface area contributed by atoms with Crippen LogP contribution in [0.5, 0.6) is 0 Å². The predicted octanol–water partition coefficient (Wildman–Crippen LogP) is 2.47. The summed E-state index contributed by atoms with van der Waals surface area (Å²) in [6.07, 6.45) is 1.20. The Kier molecular flexibility index (Phi) is 4.25. The van der Waals surface area contributed by atoms with Crippen LogP contribution in [0.15, 0.2) is 29.2 Å². The van der Waals surface area contributed by atoms with Crippen LogP contribution >= 0.6 is 0 Å². The number of carbonyl (C=O) groups is 1. The van der Waals surface area contributed by atoms with Crippen molar-refractivity contribution in [2.75, 3.05) is 5.32 Å². The van der Waals surface area contributed by atoms with Crippen LogP contribution in [0, 0.1) is 0 Å². The molecule has 0 radical (unpaired) electrons. The first-order valence-electron chi connectivity index (χ1n) is 6.78. The van der Waals surface area contributed by atoms with Crippen molar-refractivity contribution in [3.8, 4) is 0 Å². The first-order valence-corrected chi connectivity index (χ1v) is 8.26. The van der Waals surface area contributed by atoms with Crippen molar-refractivity contribution in [2.45, 2.75) is 50.2 Å². The van der Waals surface area contributed by atoms with E-state index in [1.54, 1.807) is 20.8 Å². The Labute approximate surface area is 124 Å². The lowest BCUT2D eigenvalue weighted by molar-refractivity contribution is 0.0636. The van der Waals surface area contributed by atoms with Crippen molar-refractivity contribution in [3.05, 3.63) is 24.3 Å². The number of rotatable bonds is 4. The van der Waals surface area contributed by atoms with E-state index >= 15 is 0 Å². The molecule has 2 N–H and O–H groups in total. The van der Waals surface area contributed by atoms with Gasteiger partial charge in [-0.25, -0.2) is 17.9 Å². The number of sulfonamides is 1. The minimum atomic E-state index is -3.47. The molecule has 21 heavy (non-hydrogen) atoms. The van der Waals surface area contributed by atoms with Crippen LogP contribution in [-0.2, 0) is 14.8 Å². The Morgan fingerprint density at radius 1 is 1.19 bits per heavy atom. The summed E-state index contributed by atoms with van der Waals surface area (Å²) in [7, 11) is -3.47. The Bertz CT molecular complexity index is 613. The van der Waals surface area contributed by atoms with Gasteiger partial charge in [0.2, 0.25) is 10.0 Å². The lowest BCUT2D eigenvalue weighted by atomic mass is 10.2. The Balaban J connectivity index is 2.00. The molecule has 0 saturated heterocycles. The van der Waals surface area contributed by atoms with Gasteiger partial charge >= 0.3 is 6.09 Å². The van der Waals surface area contributed by atoms with Gasteiger partial charge in [-0.3, -0.25) is 5.32 Å². The summed E-state index contributed by atoms with van der Waals surface area (Å²) >= 11 is 0. The molecule has 1 fully saturated rings. The van der Waals surface area contributed by atoms with Crippen molar-refractivity contribution in [3.63, 3.8) is 0 Å². The molecule has 0 atom stereocenters. The fraction of sp³-hybridized carbons (Fsp3) is 0.500. The average Bonchev–Trinajstić information content (AvgIpc) is 3.10. The molecule has 1 amide bonds. The van der Waals surface area contributed by atoms with Crippen LogP contribution in [0.3, 0.4) is 0 Å². The third-order valence-electron chi connectivity index (χ3n) is 2.71. The summed E-state index contributed by atoms with van der Waals surface area (Å²) in [5, 5.41) is 2.55. The van der Waals surface area contributed by atoms with Gasteiger partial charge in [0, 0.05) is 11.7 Å². The van der Waals surface area contributed by atoms with Crippen LogP contribution in [0.4, 0.5) is 10.5 Å². The molecule has 116 valence electrons. The topological polar surface area (TPSA) is 84.5 Å². The Morgan fingerprint density at radius 2 is 1.76 bits per heavy atom. The minimum Gasteiger partial charge on any atom is -0.444 e. The summed E-state index contributed by atoms with van der Waals surface area (Å²) in [4.78, 5) is 11.8. The van der Waals surface area contributed by atoms with E-state index in [0.29, 0.717) is 5.69 Å². The third kappa shape index (κ3) is 5.02. The molecule has 0 bridgehead atoms. The van der Waals surface area contributed by atoms with E-state index < -0.39 is 21.7 Å². The number of hydrogen-bond donors (Lipinski definition) is 2. The van der Waals surface area contributed by atoms with Crippen molar-refractivity contribution in [2.24, 2.45) is 0 Å². The van der Waals surface area contributed by atoms with Crippen molar-refractivity contribution in [1.29, 1.82) is 0 Å². The van der Waals surface area contributed by atoms with E-state index in [2.05, 4.69) is 10.0 Å². The van der Waals surface area contributed by atoms with Crippen LogP contribution in [-0.4, -0.2) is 26.2 Å². The number of ether oxygens (including phenoxy) is 1. The van der Waals surface area contributed by atoms with Gasteiger partial charge in [0.25, 0.3) is 0 Å². The fourth-order valence-electron chi connectivity index (χ4n) is 1.63. The molecule has 1 saturated carbocycles. The van der Waals surface area contributed by atoms with Crippen molar-refractivity contribution >= 4 is 21.8 Å². The molecule has 6 nitrogen and oxygen atoms in total. The maximum absolute atomic E-state index is 12.0. The lowest BCUT2D eigenvalue weighted by Gasteiger charge is -2.19. The van der Waals surface area contributed by atoms with Crippen LogP contribution in [0.25, 0.3) is 0 Å². The number of anilines is 1. The van der Waals surface area contributed by atoms with E-state index in [1.165, 1.54) is 24.3 Å². The van der Waals surface area contributed by atoms with E-state index in [9.17, 15) is 13.2 Å².